The molecule has 92 valence electrons. The van der Waals surface area contributed by atoms with Crippen LogP contribution in [-0.2, 0) is 14.3 Å². The van der Waals surface area contributed by atoms with Crippen molar-refractivity contribution in [2.75, 3.05) is 12.9 Å². The van der Waals surface area contributed by atoms with E-state index in [1.807, 2.05) is 0 Å². The van der Waals surface area contributed by atoms with Crippen molar-refractivity contribution < 1.29 is 12.6 Å². The molecule has 0 spiro atoms. The fourth-order valence-corrected chi connectivity index (χ4v) is 6.12. The van der Waals surface area contributed by atoms with Crippen molar-refractivity contribution in [3.05, 3.63) is 0 Å². The van der Waals surface area contributed by atoms with Crippen molar-refractivity contribution in [1.82, 2.24) is 0 Å². The monoisotopic (exact) mass is 244 g/mol. The second-order valence-corrected chi connectivity index (χ2v) is 8.02. The molecule has 4 fully saturated rings. The van der Waals surface area contributed by atoms with Gasteiger partial charge in [-0.2, -0.15) is 8.42 Å². The Bertz CT molecular complexity index is 350. The first-order valence-corrected chi connectivity index (χ1v) is 7.86. The Morgan fingerprint density at radius 1 is 1.06 bits per heavy atom. The van der Waals surface area contributed by atoms with Crippen molar-refractivity contribution in [2.24, 2.45) is 23.2 Å². The molecule has 0 aromatic heterocycles. The van der Waals surface area contributed by atoms with Crippen LogP contribution in [0.25, 0.3) is 0 Å². The molecule has 0 unspecified atom stereocenters. The third kappa shape index (κ3) is 1.80. The second kappa shape index (κ2) is 3.45. The van der Waals surface area contributed by atoms with Gasteiger partial charge in [0.1, 0.15) is 0 Å². The molecular weight excluding hydrogens is 224 g/mol. The molecule has 4 aliphatic rings. The lowest BCUT2D eigenvalue weighted by Crippen LogP contribution is -2.49. The topological polar surface area (TPSA) is 43.4 Å². The Kier molecular flexibility index (Phi) is 2.38. The van der Waals surface area contributed by atoms with E-state index in [1.165, 1.54) is 26.4 Å². The number of hydrogen-bond acceptors (Lipinski definition) is 3. The van der Waals surface area contributed by atoms with Gasteiger partial charge in [0.25, 0.3) is 10.1 Å². The van der Waals surface area contributed by atoms with E-state index in [0.717, 1.165) is 37.0 Å². The summed E-state index contributed by atoms with van der Waals surface area (Å²) in [5.41, 5.74) is 0.0730. The van der Waals surface area contributed by atoms with Crippen LogP contribution in [0, 0.1) is 23.2 Å². The summed E-state index contributed by atoms with van der Waals surface area (Å²) in [4.78, 5) is 0. The van der Waals surface area contributed by atoms with Crippen LogP contribution in [0.2, 0.25) is 0 Å². The van der Waals surface area contributed by atoms with E-state index >= 15 is 0 Å². The summed E-state index contributed by atoms with van der Waals surface area (Å²) in [5, 5.41) is 0. The van der Waals surface area contributed by atoms with Gasteiger partial charge in [-0.05, 0) is 61.7 Å². The van der Waals surface area contributed by atoms with Gasteiger partial charge >= 0.3 is 0 Å². The highest BCUT2D eigenvalue weighted by Gasteiger charge is 2.52. The van der Waals surface area contributed by atoms with E-state index in [9.17, 15) is 8.42 Å². The lowest BCUT2D eigenvalue weighted by atomic mass is 9.50. The van der Waals surface area contributed by atoms with Gasteiger partial charge in [0, 0.05) is 0 Å². The maximum Gasteiger partial charge on any atom is 0.267 e. The van der Waals surface area contributed by atoms with Crippen LogP contribution in [0.3, 0.4) is 0 Å². The highest BCUT2D eigenvalue weighted by molar-refractivity contribution is 7.86. The van der Waals surface area contributed by atoms with Gasteiger partial charge in [0.05, 0.1) is 12.9 Å². The summed E-state index contributed by atoms with van der Waals surface area (Å²) >= 11 is 0. The molecule has 4 saturated carbocycles. The first-order chi connectivity index (χ1) is 7.50. The molecule has 0 aromatic carbocycles. The van der Waals surface area contributed by atoms with Crippen molar-refractivity contribution in [3.8, 4) is 0 Å². The average molecular weight is 244 g/mol. The van der Waals surface area contributed by atoms with Crippen molar-refractivity contribution >= 4 is 10.1 Å². The first-order valence-electron chi connectivity index (χ1n) is 6.29. The van der Waals surface area contributed by atoms with Gasteiger partial charge in [0.15, 0.2) is 0 Å². The molecule has 4 rings (SSSR count). The van der Waals surface area contributed by atoms with Crippen LogP contribution < -0.4 is 0 Å². The normalized spacial score (nSPS) is 46.2. The molecule has 0 N–H and O–H groups in total. The SMILES string of the molecule is COS(=O)(=O)CC12CC3CC(CC(C3)C1)C2. The van der Waals surface area contributed by atoms with Gasteiger partial charge in [-0.25, -0.2) is 0 Å². The minimum Gasteiger partial charge on any atom is -0.273 e. The van der Waals surface area contributed by atoms with Crippen LogP contribution in [0.5, 0.6) is 0 Å². The molecule has 16 heavy (non-hydrogen) atoms. The Balaban J connectivity index is 1.84. The lowest BCUT2D eigenvalue weighted by molar-refractivity contribution is -0.0398. The van der Waals surface area contributed by atoms with Gasteiger partial charge in [0.2, 0.25) is 0 Å². The Hall–Kier alpha value is -0.0900. The molecule has 0 atom stereocenters. The molecule has 4 bridgehead atoms. The van der Waals surface area contributed by atoms with E-state index in [0.29, 0.717) is 0 Å². The van der Waals surface area contributed by atoms with Crippen molar-refractivity contribution in [2.45, 2.75) is 38.5 Å². The number of rotatable bonds is 3. The van der Waals surface area contributed by atoms with Crippen LogP contribution in [-0.4, -0.2) is 21.3 Å². The highest BCUT2D eigenvalue weighted by atomic mass is 32.2. The zero-order valence-electron chi connectivity index (χ0n) is 9.81. The van der Waals surface area contributed by atoms with Gasteiger partial charge in [-0.3, -0.25) is 4.18 Å². The van der Waals surface area contributed by atoms with E-state index in [2.05, 4.69) is 4.18 Å². The highest BCUT2D eigenvalue weighted by Crippen LogP contribution is 2.60. The fourth-order valence-electron chi connectivity index (χ4n) is 4.90. The van der Waals surface area contributed by atoms with Crippen LogP contribution in [0.4, 0.5) is 0 Å². The molecule has 4 heteroatoms. The van der Waals surface area contributed by atoms with E-state index in [4.69, 9.17) is 0 Å². The minimum absolute atomic E-state index is 0.0730. The minimum atomic E-state index is -3.28. The zero-order valence-corrected chi connectivity index (χ0v) is 10.6. The quantitative estimate of drug-likeness (QED) is 0.715. The average Bonchev–Trinajstić information content (AvgIpc) is 2.13. The van der Waals surface area contributed by atoms with Gasteiger partial charge in [-0.15, -0.1) is 0 Å². The summed E-state index contributed by atoms with van der Waals surface area (Å²) in [6.07, 6.45) is 7.44. The maximum atomic E-state index is 11.7. The molecule has 4 aliphatic carbocycles. The summed E-state index contributed by atoms with van der Waals surface area (Å²) < 4.78 is 28.0. The van der Waals surface area contributed by atoms with Crippen LogP contribution in [0.15, 0.2) is 0 Å². The summed E-state index contributed by atoms with van der Waals surface area (Å²) in [5.74, 6) is 2.68. The molecular formula is C12H20O3S. The van der Waals surface area contributed by atoms with Gasteiger partial charge < -0.3 is 0 Å². The second-order valence-electron chi connectivity index (χ2n) is 6.29. The molecule has 0 aromatic rings. The predicted molar refractivity (Wildman–Crippen MR) is 61.4 cm³/mol. The molecule has 0 aliphatic heterocycles. The lowest BCUT2D eigenvalue weighted by Gasteiger charge is -2.56. The smallest absolute Gasteiger partial charge is 0.267 e. The first kappa shape index (κ1) is 11.0. The molecule has 3 nitrogen and oxygen atoms in total. The zero-order chi connectivity index (χ0) is 11.4. The van der Waals surface area contributed by atoms with Crippen LogP contribution in [0.1, 0.15) is 38.5 Å². The summed E-state index contributed by atoms with van der Waals surface area (Å²) in [7, 11) is -1.99. The standard InChI is InChI=1S/C12H20O3S/c1-15-16(13,14)8-12-5-9-2-10(6-12)4-11(3-9)7-12/h9-11H,2-8H2,1H3. The fraction of sp³-hybridized carbons (Fsp3) is 1.00. The number of hydrogen-bond donors (Lipinski definition) is 0. The largest absolute Gasteiger partial charge is 0.273 e. The molecule has 0 radical (unpaired) electrons. The third-order valence-corrected chi connectivity index (χ3v) is 6.38. The van der Waals surface area contributed by atoms with Crippen molar-refractivity contribution in [1.29, 1.82) is 0 Å². The molecule has 0 amide bonds. The van der Waals surface area contributed by atoms with E-state index in [1.54, 1.807) is 0 Å². The predicted octanol–water partition coefficient (Wildman–Crippen LogP) is 2.18. The molecule has 0 heterocycles. The Morgan fingerprint density at radius 2 is 1.50 bits per heavy atom. The third-order valence-electron chi connectivity index (χ3n) is 4.90. The summed E-state index contributed by atoms with van der Waals surface area (Å²) in [6, 6.07) is 0. The molecule has 0 saturated heterocycles. The Morgan fingerprint density at radius 3 is 1.88 bits per heavy atom. The van der Waals surface area contributed by atoms with E-state index in [-0.39, 0.29) is 11.2 Å². The van der Waals surface area contributed by atoms with Gasteiger partial charge in [-0.1, -0.05) is 0 Å². The Labute approximate surface area is 97.7 Å². The summed E-state index contributed by atoms with van der Waals surface area (Å²) in [6.45, 7) is 0. The van der Waals surface area contributed by atoms with Crippen molar-refractivity contribution in [3.63, 3.8) is 0 Å². The van der Waals surface area contributed by atoms with E-state index < -0.39 is 10.1 Å². The maximum absolute atomic E-state index is 11.7. The van der Waals surface area contributed by atoms with Crippen LogP contribution >= 0.6 is 0 Å².